The van der Waals surface area contributed by atoms with Crippen LogP contribution in [0.4, 0.5) is 5.69 Å². The molecule has 0 aliphatic carbocycles. The molecule has 0 bridgehead atoms. The van der Waals surface area contributed by atoms with Gasteiger partial charge < -0.3 is 20.1 Å². The van der Waals surface area contributed by atoms with Crippen molar-refractivity contribution in [2.24, 2.45) is 0 Å². The van der Waals surface area contributed by atoms with Crippen LogP contribution in [0, 0.1) is 6.92 Å². The molecule has 0 fully saturated rings. The first-order valence-corrected chi connectivity index (χ1v) is 8.69. The van der Waals surface area contributed by atoms with Crippen LogP contribution >= 0.6 is 0 Å². The summed E-state index contributed by atoms with van der Waals surface area (Å²) in [7, 11) is 0. The number of carbonyl (C=O) groups is 1. The molecule has 5 heteroatoms. The number of benzene rings is 2. The topological polar surface area (TPSA) is 64.2 Å². The van der Waals surface area contributed by atoms with Gasteiger partial charge in [-0.25, -0.2) is 0 Å². The van der Waals surface area contributed by atoms with E-state index >= 15 is 0 Å². The van der Waals surface area contributed by atoms with E-state index in [-0.39, 0.29) is 24.8 Å². The fourth-order valence-electron chi connectivity index (χ4n) is 2.96. The van der Waals surface area contributed by atoms with Crippen LogP contribution < -0.4 is 20.1 Å². The van der Waals surface area contributed by atoms with E-state index in [1.54, 1.807) is 6.07 Å². The number of aryl methyl sites for hydroxylation is 1. The first-order chi connectivity index (χ1) is 12.1. The normalized spacial score (nSPS) is 14.8. The Morgan fingerprint density at radius 3 is 2.60 bits per heavy atom. The van der Waals surface area contributed by atoms with E-state index in [0.717, 1.165) is 12.1 Å². The number of amides is 1. The van der Waals surface area contributed by atoms with Gasteiger partial charge in [-0.2, -0.15) is 0 Å². The maximum atomic E-state index is 12.5. The van der Waals surface area contributed by atoms with Gasteiger partial charge in [0.05, 0.1) is 0 Å². The van der Waals surface area contributed by atoms with E-state index in [0.29, 0.717) is 11.5 Å². The zero-order chi connectivity index (χ0) is 17.8. The molecule has 1 heterocycles. The molecule has 1 aliphatic rings. The predicted octanol–water partition coefficient (Wildman–Crippen LogP) is 2.77. The molecule has 0 spiro atoms. The van der Waals surface area contributed by atoms with Gasteiger partial charge in [-0.1, -0.05) is 36.8 Å². The van der Waals surface area contributed by atoms with E-state index in [4.69, 9.17) is 9.47 Å². The molecule has 3 N–H and O–H groups in total. The Bertz CT molecular complexity index is 743. The second-order valence-electron chi connectivity index (χ2n) is 6.46. The summed E-state index contributed by atoms with van der Waals surface area (Å²) in [5.41, 5.74) is 3.21. The first kappa shape index (κ1) is 17.3. The molecule has 2 atom stereocenters. The lowest BCUT2D eigenvalue weighted by atomic mass is 10.0. The summed E-state index contributed by atoms with van der Waals surface area (Å²) in [6.45, 7) is 6.38. The number of ether oxygens (including phenoxy) is 2. The van der Waals surface area contributed by atoms with Crippen molar-refractivity contribution in [2.75, 3.05) is 12.1 Å². The second kappa shape index (κ2) is 7.57. The van der Waals surface area contributed by atoms with Crippen molar-refractivity contribution < 1.29 is 19.6 Å². The molecular formula is C20H25N2O3+. The highest BCUT2D eigenvalue weighted by atomic mass is 16.7. The number of nitrogens with two attached hydrogens (primary N) is 1. The number of hydrogen-bond donors (Lipinski definition) is 2. The third-order valence-electron chi connectivity index (χ3n) is 4.52. The number of nitrogens with one attached hydrogen (secondary N) is 1. The minimum absolute atomic E-state index is 0.0237. The predicted molar refractivity (Wildman–Crippen MR) is 96.8 cm³/mol. The van der Waals surface area contributed by atoms with Gasteiger partial charge in [0.15, 0.2) is 17.5 Å². The number of quaternary nitrogens is 1. The summed E-state index contributed by atoms with van der Waals surface area (Å²) < 4.78 is 10.6. The van der Waals surface area contributed by atoms with Crippen molar-refractivity contribution in [3.8, 4) is 11.5 Å². The zero-order valence-corrected chi connectivity index (χ0v) is 14.9. The van der Waals surface area contributed by atoms with Crippen LogP contribution in [0.25, 0.3) is 0 Å². The molecule has 5 nitrogen and oxygen atoms in total. The summed E-state index contributed by atoms with van der Waals surface area (Å²) in [5, 5.41) is 5.07. The van der Waals surface area contributed by atoms with Crippen LogP contribution in [0.5, 0.6) is 11.5 Å². The molecule has 3 rings (SSSR count). The molecule has 0 unspecified atom stereocenters. The summed E-state index contributed by atoms with van der Waals surface area (Å²) in [4.78, 5) is 12.5. The van der Waals surface area contributed by atoms with Gasteiger partial charge in [0.2, 0.25) is 6.79 Å². The molecule has 2 aromatic rings. The Kier molecular flexibility index (Phi) is 5.24. The first-order valence-electron chi connectivity index (χ1n) is 8.69. The molecule has 1 amide bonds. The quantitative estimate of drug-likeness (QED) is 0.849. The van der Waals surface area contributed by atoms with Gasteiger partial charge in [-0.05, 0) is 26.0 Å². The van der Waals surface area contributed by atoms with Crippen molar-refractivity contribution >= 4 is 11.6 Å². The Labute approximate surface area is 148 Å². The Morgan fingerprint density at radius 1 is 1.16 bits per heavy atom. The molecule has 0 radical (unpaired) electrons. The lowest BCUT2D eigenvalue weighted by molar-refractivity contribution is -0.713. The summed E-state index contributed by atoms with van der Waals surface area (Å²) >= 11 is 0. The van der Waals surface area contributed by atoms with Gasteiger partial charge in [0.1, 0.15) is 6.04 Å². The molecule has 132 valence electrons. The highest BCUT2D eigenvalue weighted by Crippen LogP contribution is 2.34. The van der Waals surface area contributed by atoms with Crippen LogP contribution in [0.3, 0.4) is 0 Å². The second-order valence-corrected chi connectivity index (χ2v) is 6.46. The van der Waals surface area contributed by atoms with E-state index in [1.165, 1.54) is 11.1 Å². The van der Waals surface area contributed by atoms with Gasteiger partial charge >= 0.3 is 0 Å². The Hall–Kier alpha value is -2.53. The smallest absolute Gasteiger partial charge is 0.282 e. The summed E-state index contributed by atoms with van der Waals surface area (Å²) in [6.07, 6.45) is 0.963. The van der Waals surface area contributed by atoms with Crippen molar-refractivity contribution in [3.05, 3.63) is 53.6 Å². The average molecular weight is 341 g/mol. The van der Waals surface area contributed by atoms with Crippen molar-refractivity contribution in [1.82, 2.24) is 0 Å². The van der Waals surface area contributed by atoms with Crippen molar-refractivity contribution in [3.63, 3.8) is 0 Å². The number of fused-ring (bicyclic) bond motifs is 1. The number of hydrogen-bond acceptors (Lipinski definition) is 3. The number of anilines is 1. The maximum Gasteiger partial charge on any atom is 0.282 e. The third kappa shape index (κ3) is 4.12. The van der Waals surface area contributed by atoms with Crippen LogP contribution in [-0.4, -0.2) is 18.7 Å². The van der Waals surface area contributed by atoms with Crippen LogP contribution in [0.15, 0.2) is 42.5 Å². The van der Waals surface area contributed by atoms with E-state index in [2.05, 4.69) is 48.7 Å². The SMILES string of the molecule is CC[C@H]([NH2+][C@H](C)C(=O)Nc1ccc2c(c1)OCO2)c1ccc(C)cc1. The minimum Gasteiger partial charge on any atom is -0.454 e. The molecule has 0 saturated heterocycles. The van der Waals surface area contributed by atoms with Crippen molar-refractivity contribution in [1.29, 1.82) is 0 Å². The lowest BCUT2D eigenvalue weighted by Crippen LogP contribution is -2.92. The Balaban J connectivity index is 1.62. The number of rotatable bonds is 6. The fourth-order valence-corrected chi connectivity index (χ4v) is 2.96. The molecule has 0 aromatic heterocycles. The van der Waals surface area contributed by atoms with Crippen LogP contribution in [0.2, 0.25) is 0 Å². The standard InChI is InChI=1S/C20H24N2O3/c1-4-17(15-7-5-13(2)6-8-15)21-14(3)20(23)22-16-9-10-18-19(11-16)25-12-24-18/h5-11,14,17,21H,4,12H2,1-3H3,(H,22,23)/p+1/t14-,17+/m1/s1. The van der Waals surface area contributed by atoms with E-state index in [1.807, 2.05) is 19.1 Å². The monoisotopic (exact) mass is 341 g/mol. The van der Waals surface area contributed by atoms with Gasteiger partial charge in [0.25, 0.3) is 5.91 Å². The molecule has 1 aliphatic heterocycles. The largest absolute Gasteiger partial charge is 0.454 e. The highest BCUT2D eigenvalue weighted by molar-refractivity contribution is 5.93. The average Bonchev–Trinajstić information content (AvgIpc) is 3.08. The Morgan fingerprint density at radius 2 is 1.88 bits per heavy atom. The molecule has 25 heavy (non-hydrogen) atoms. The molecule has 0 saturated carbocycles. The van der Waals surface area contributed by atoms with Gasteiger partial charge in [0, 0.05) is 23.7 Å². The van der Waals surface area contributed by atoms with Gasteiger partial charge in [-0.3, -0.25) is 4.79 Å². The van der Waals surface area contributed by atoms with Gasteiger partial charge in [-0.15, -0.1) is 0 Å². The molecular weight excluding hydrogens is 316 g/mol. The van der Waals surface area contributed by atoms with Crippen molar-refractivity contribution in [2.45, 2.75) is 39.3 Å². The lowest BCUT2D eigenvalue weighted by Gasteiger charge is -2.19. The van der Waals surface area contributed by atoms with Crippen LogP contribution in [-0.2, 0) is 4.79 Å². The number of carbonyl (C=O) groups excluding carboxylic acids is 1. The van der Waals surface area contributed by atoms with E-state index < -0.39 is 0 Å². The summed E-state index contributed by atoms with van der Waals surface area (Å²) in [6, 6.07) is 14.0. The maximum absolute atomic E-state index is 12.5. The zero-order valence-electron chi connectivity index (χ0n) is 14.9. The van der Waals surface area contributed by atoms with E-state index in [9.17, 15) is 4.79 Å². The highest BCUT2D eigenvalue weighted by Gasteiger charge is 2.23. The minimum atomic E-state index is -0.198. The third-order valence-corrected chi connectivity index (χ3v) is 4.52. The fraction of sp³-hybridized carbons (Fsp3) is 0.350. The summed E-state index contributed by atoms with van der Waals surface area (Å²) in [5.74, 6) is 1.35. The molecule has 2 aromatic carbocycles. The van der Waals surface area contributed by atoms with Crippen LogP contribution in [0.1, 0.15) is 37.4 Å².